The third kappa shape index (κ3) is 3.82. The molecule has 1 saturated heterocycles. The first-order valence-electron chi connectivity index (χ1n) is 10.8. The van der Waals surface area contributed by atoms with Gasteiger partial charge < -0.3 is 9.64 Å². The summed E-state index contributed by atoms with van der Waals surface area (Å²) in [4.78, 5) is 19.6. The molecule has 156 valence electrons. The van der Waals surface area contributed by atoms with E-state index >= 15 is 0 Å². The van der Waals surface area contributed by atoms with Crippen LogP contribution in [0.5, 0.6) is 0 Å². The molecule has 0 radical (unpaired) electrons. The Morgan fingerprint density at radius 1 is 1.00 bits per heavy atom. The second-order valence-corrected chi connectivity index (χ2v) is 9.62. The molecule has 3 aliphatic rings. The molecule has 2 aromatic carbocycles. The lowest BCUT2D eigenvalue weighted by Crippen LogP contribution is -2.45. The van der Waals surface area contributed by atoms with Gasteiger partial charge in [-0.25, -0.2) is 0 Å². The minimum atomic E-state index is 0.0389. The molecular formula is C25H28N2O2S. The van der Waals surface area contributed by atoms with Crippen molar-refractivity contribution in [1.29, 1.82) is 0 Å². The summed E-state index contributed by atoms with van der Waals surface area (Å²) in [7, 11) is 0. The molecule has 2 aliphatic heterocycles. The van der Waals surface area contributed by atoms with Crippen molar-refractivity contribution in [2.24, 2.45) is 5.92 Å². The van der Waals surface area contributed by atoms with Crippen LogP contribution in [0.1, 0.15) is 30.6 Å². The van der Waals surface area contributed by atoms with Gasteiger partial charge in [0.15, 0.2) is 5.78 Å². The van der Waals surface area contributed by atoms with Crippen LogP contribution in [0.4, 0.5) is 5.69 Å². The molecule has 1 fully saturated rings. The number of nitrogens with zero attached hydrogens (tertiary/aromatic N) is 2. The minimum Gasteiger partial charge on any atom is -0.379 e. The van der Waals surface area contributed by atoms with E-state index in [4.69, 9.17) is 4.74 Å². The summed E-state index contributed by atoms with van der Waals surface area (Å²) in [6.45, 7) is 6.42. The number of fused-ring (bicyclic) bond motifs is 1. The highest BCUT2D eigenvalue weighted by Crippen LogP contribution is 2.52. The Morgan fingerprint density at radius 3 is 2.53 bits per heavy atom. The topological polar surface area (TPSA) is 32.8 Å². The van der Waals surface area contributed by atoms with E-state index in [1.807, 2.05) is 17.8 Å². The van der Waals surface area contributed by atoms with Crippen molar-refractivity contribution in [3.63, 3.8) is 0 Å². The zero-order valence-electron chi connectivity index (χ0n) is 17.4. The third-order valence-electron chi connectivity index (χ3n) is 6.22. The lowest BCUT2D eigenvalue weighted by atomic mass is 9.83. The number of hydrogen-bond donors (Lipinski definition) is 0. The van der Waals surface area contributed by atoms with Crippen molar-refractivity contribution in [3.8, 4) is 0 Å². The lowest BCUT2D eigenvalue weighted by molar-refractivity contribution is -0.117. The average Bonchev–Trinajstić information content (AvgIpc) is 2.90. The summed E-state index contributed by atoms with van der Waals surface area (Å²) in [5, 5.41) is 0.0389. The molecular weight excluding hydrogens is 392 g/mol. The maximum Gasteiger partial charge on any atom is 0.162 e. The highest BCUT2D eigenvalue weighted by atomic mass is 32.2. The number of morpholine rings is 1. The van der Waals surface area contributed by atoms with E-state index < -0.39 is 0 Å². The van der Waals surface area contributed by atoms with Gasteiger partial charge in [0.25, 0.3) is 0 Å². The lowest BCUT2D eigenvalue weighted by Gasteiger charge is -2.38. The van der Waals surface area contributed by atoms with Crippen molar-refractivity contribution in [2.45, 2.75) is 29.9 Å². The van der Waals surface area contributed by atoms with Gasteiger partial charge in [-0.3, -0.25) is 9.69 Å². The smallest absolute Gasteiger partial charge is 0.162 e. The number of ketones is 1. The van der Waals surface area contributed by atoms with Crippen LogP contribution >= 0.6 is 11.8 Å². The Morgan fingerprint density at radius 2 is 1.73 bits per heavy atom. The van der Waals surface area contributed by atoms with Crippen LogP contribution in [0, 0.1) is 5.92 Å². The molecule has 4 nitrogen and oxygen atoms in total. The Bertz CT molecular complexity index is 953. The van der Waals surface area contributed by atoms with E-state index in [2.05, 4.69) is 65.3 Å². The fourth-order valence-electron chi connectivity index (χ4n) is 4.73. The van der Waals surface area contributed by atoms with Crippen molar-refractivity contribution in [1.82, 2.24) is 4.90 Å². The number of carbonyl (C=O) groups excluding carboxylic acids is 1. The molecule has 2 aromatic rings. The molecule has 0 N–H and O–H groups in total. The van der Waals surface area contributed by atoms with Gasteiger partial charge >= 0.3 is 0 Å². The predicted octanol–water partition coefficient (Wildman–Crippen LogP) is 4.88. The largest absolute Gasteiger partial charge is 0.379 e. The van der Waals surface area contributed by atoms with E-state index in [1.54, 1.807) is 0 Å². The highest BCUT2D eigenvalue weighted by Gasteiger charge is 2.38. The Hall–Kier alpha value is -2.08. The molecule has 0 aromatic heterocycles. The Labute approximate surface area is 182 Å². The first-order chi connectivity index (χ1) is 14.7. The number of anilines is 1. The van der Waals surface area contributed by atoms with Crippen LogP contribution in [0.3, 0.4) is 0 Å². The second-order valence-electron chi connectivity index (χ2n) is 8.47. The average molecular weight is 421 g/mol. The molecule has 2 heterocycles. The molecule has 0 spiro atoms. The van der Waals surface area contributed by atoms with E-state index in [9.17, 15) is 4.79 Å². The number of thioether (sulfide) groups is 1. The van der Waals surface area contributed by atoms with Gasteiger partial charge in [0.2, 0.25) is 0 Å². The summed E-state index contributed by atoms with van der Waals surface area (Å²) in [5.41, 5.74) is 4.66. The number of ether oxygens (including phenoxy) is 1. The van der Waals surface area contributed by atoms with Crippen LogP contribution < -0.4 is 4.90 Å². The van der Waals surface area contributed by atoms with Crippen molar-refractivity contribution >= 4 is 23.2 Å². The molecule has 1 aliphatic carbocycles. The summed E-state index contributed by atoms with van der Waals surface area (Å²) < 4.78 is 5.57. The van der Waals surface area contributed by atoms with Gasteiger partial charge in [-0.15, -0.1) is 11.8 Å². The maximum absolute atomic E-state index is 13.4. The minimum absolute atomic E-state index is 0.0389. The van der Waals surface area contributed by atoms with Crippen molar-refractivity contribution in [3.05, 3.63) is 71.4 Å². The monoisotopic (exact) mass is 420 g/mol. The number of carbonyl (C=O) groups is 1. The number of allylic oxidation sites excluding steroid dienone is 1. The summed E-state index contributed by atoms with van der Waals surface area (Å²) >= 11 is 1.82. The van der Waals surface area contributed by atoms with Crippen LogP contribution in [0.15, 0.2) is 70.8 Å². The van der Waals surface area contributed by atoms with Crippen LogP contribution in [-0.2, 0) is 9.53 Å². The zero-order valence-corrected chi connectivity index (χ0v) is 18.2. The normalized spacial score (nSPS) is 25.0. The van der Waals surface area contributed by atoms with Gasteiger partial charge in [-0.2, -0.15) is 0 Å². The molecule has 0 bridgehead atoms. The van der Waals surface area contributed by atoms with Gasteiger partial charge in [0.05, 0.1) is 30.8 Å². The Balaban J connectivity index is 1.65. The molecule has 5 heteroatoms. The second kappa shape index (κ2) is 8.58. The molecule has 0 unspecified atom stereocenters. The van der Waals surface area contributed by atoms with Gasteiger partial charge in [0.1, 0.15) is 0 Å². The SMILES string of the molecule is C[C@@H]1CC(=O)C2=C(C1)N(CN1CCOCC1)c1ccccc1S[C@H]2c1ccccc1. The fraction of sp³-hybridized carbons (Fsp3) is 0.400. The molecule has 30 heavy (non-hydrogen) atoms. The van der Waals surface area contributed by atoms with E-state index in [0.717, 1.165) is 45.0 Å². The molecule has 0 amide bonds. The highest BCUT2D eigenvalue weighted by molar-refractivity contribution is 8.00. The van der Waals surface area contributed by atoms with E-state index in [-0.39, 0.29) is 5.25 Å². The summed E-state index contributed by atoms with van der Waals surface area (Å²) in [5.74, 6) is 0.681. The van der Waals surface area contributed by atoms with Gasteiger partial charge in [0, 0.05) is 35.7 Å². The van der Waals surface area contributed by atoms with E-state index in [1.165, 1.54) is 21.8 Å². The van der Waals surface area contributed by atoms with E-state index in [0.29, 0.717) is 18.1 Å². The van der Waals surface area contributed by atoms with Crippen LogP contribution in [0.2, 0.25) is 0 Å². The number of rotatable bonds is 3. The van der Waals surface area contributed by atoms with Crippen molar-refractivity contribution in [2.75, 3.05) is 37.9 Å². The first kappa shape index (κ1) is 19.9. The van der Waals surface area contributed by atoms with Gasteiger partial charge in [-0.1, -0.05) is 49.4 Å². The molecule has 2 atom stereocenters. The maximum atomic E-state index is 13.4. The summed E-state index contributed by atoms with van der Waals surface area (Å²) in [6.07, 6.45) is 1.59. The van der Waals surface area contributed by atoms with Gasteiger partial charge in [-0.05, 0) is 30.0 Å². The number of para-hydroxylation sites is 1. The Kier molecular flexibility index (Phi) is 5.68. The number of benzene rings is 2. The molecule has 5 rings (SSSR count). The fourth-order valence-corrected chi connectivity index (χ4v) is 6.12. The number of hydrogen-bond acceptors (Lipinski definition) is 5. The van der Waals surface area contributed by atoms with Crippen molar-refractivity contribution < 1.29 is 9.53 Å². The standard InChI is InChI=1S/C25H28N2O2S/c1-18-15-21-24(22(28)16-18)25(19-7-3-2-4-8-19)30-23-10-6-5-9-20(23)27(21)17-26-11-13-29-14-12-26/h2-10,18,25H,11-17H2,1H3/t18-,25-/m0/s1. The summed E-state index contributed by atoms with van der Waals surface area (Å²) in [6, 6.07) is 19.2. The molecule has 0 saturated carbocycles. The first-order valence-corrected chi connectivity index (χ1v) is 11.7. The third-order valence-corrected chi connectivity index (χ3v) is 7.57. The zero-order chi connectivity index (χ0) is 20.5. The number of Topliss-reactive ketones (excluding diaryl/α,β-unsaturated/α-hetero) is 1. The predicted molar refractivity (Wildman–Crippen MR) is 122 cm³/mol. The van der Waals surface area contributed by atoms with Crippen LogP contribution in [0.25, 0.3) is 0 Å². The quantitative estimate of drug-likeness (QED) is 0.707. The van der Waals surface area contributed by atoms with Crippen LogP contribution in [-0.4, -0.2) is 43.7 Å².